The van der Waals surface area contributed by atoms with Gasteiger partial charge in [0.1, 0.15) is 0 Å². The molecular formula is C17H15F4N3O5S. The molecule has 0 N–H and O–H groups in total. The number of rotatable bonds is 6. The lowest BCUT2D eigenvalue weighted by Gasteiger charge is -2.36. The number of alkyl halides is 2. The Kier molecular flexibility index (Phi) is 6.12. The lowest BCUT2D eigenvalue weighted by atomic mass is 10.2. The zero-order valence-corrected chi connectivity index (χ0v) is 16.0. The van der Waals surface area contributed by atoms with Crippen molar-refractivity contribution in [3.63, 3.8) is 0 Å². The van der Waals surface area contributed by atoms with Crippen molar-refractivity contribution in [3.05, 3.63) is 58.1 Å². The van der Waals surface area contributed by atoms with Crippen LogP contribution in [0, 0.1) is 21.7 Å². The molecule has 0 aromatic heterocycles. The number of anilines is 1. The summed E-state index contributed by atoms with van der Waals surface area (Å²) in [5, 5.41) is 10.9. The molecule has 1 saturated heterocycles. The minimum absolute atomic E-state index is 0.0559. The summed E-state index contributed by atoms with van der Waals surface area (Å²) >= 11 is 0. The molecule has 0 saturated carbocycles. The van der Waals surface area contributed by atoms with E-state index in [0.29, 0.717) is 12.1 Å². The average molecular weight is 449 g/mol. The van der Waals surface area contributed by atoms with Crippen molar-refractivity contribution in [2.75, 3.05) is 31.1 Å². The number of sulfonamides is 1. The van der Waals surface area contributed by atoms with Crippen molar-refractivity contribution in [2.24, 2.45) is 0 Å². The van der Waals surface area contributed by atoms with Crippen LogP contribution in [0.3, 0.4) is 0 Å². The molecule has 2 aromatic rings. The molecule has 8 nitrogen and oxygen atoms in total. The maximum Gasteiger partial charge on any atom is 0.387 e. The summed E-state index contributed by atoms with van der Waals surface area (Å²) in [5.41, 5.74) is -0.292. The van der Waals surface area contributed by atoms with Gasteiger partial charge >= 0.3 is 6.61 Å². The van der Waals surface area contributed by atoms with E-state index in [9.17, 15) is 36.1 Å². The van der Waals surface area contributed by atoms with Gasteiger partial charge in [-0.1, -0.05) is 0 Å². The molecule has 0 atom stereocenters. The maximum absolute atomic E-state index is 13.4. The lowest BCUT2D eigenvalue weighted by molar-refractivity contribution is -0.385. The van der Waals surface area contributed by atoms with Crippen LogP contribution in [0.4, 0.5) is 28.9 Å². The van der Waals surface area contributed by atoms with E-state index in [0.717, 1.165) is 22.5 Å². The minimum atomic E-state index is -4.09. The van der Waals surface area contributed by atoms with Crippen molar-refractivity contribution < 1.29 is 35.6 Å². The first-order valence-electron chi connectivity index (χ1n) is 8.53. The number of benzene rings is 2. The number of hydrogen-bond donors (Lipinski definition) is 0. The van der Waals surface area contributed by atoms with Gasteiger partial charge in [-0.3, -0.25) is 10.1 Å². The second-order valence-corrected chi connectivity index (χ2v) is 8.19. The monoisotopic (exact) mass is 449 g/mol. The predicted octanol–water partition coefficient (Wildman–Crippen LogP) is 2.99. The van der Waals surface area contributed by atoms with Crippen molar-refractivity contribution in [2.45, 2.75) is 11.5 Å². The number of halogens is 4. The highest BCUT2D eigenvalue weighted by Gasteiger charge is 2.30. The van der Waals surface area contributed by atoms with Crippen LogP contribution in [0.25, 0.3) is 0 Å². The SMILES string of the molecule is O=[N+]([O-])c1ccc(N2CCN(S(=O)(=O)c3ccc(F)c(F)c3)CC2)c(OC(F)F)c1. The van der Waals surface area contributed by atoms with Crippen LogP contribution < -0.4 is 9.64 Å². The standard InChI is InChI=1S/C17H15F4N3O5S/c18-13-3-2-12(10-14(13)19)30(27,28)23-7-5-22(6-8-23)15-4-1-11(24(25)26)9-16(15)29-17(20)21/h1-4,9-10,17H,5-8H2. The van der Waals surface area contributed by atoms with E-state index in [1.54, 1.807) is 4.90 Å². The zero-order valence-electron chi connectivity index (χ0n) is 15.2. The Morgan fingerprint density at radius 3 is 2.23 bits per heavy atom. The highest BCUT2D eigenvalue weighted by Crippen LogP contribution is 2.34. The molecule has 30 heavy (non-hydrogen) atoms. The van der Waals surface area contributed by atoms with Crippen LogP contribution in [0.15, 0.2) is 41.3 Å². The van der Waals surface area contributed by atoms with Gasteiger partial charge in [0.15, 0.2) is 17.4 Å². The highest BCUT2D eigenvalue weighted by atomic mass is 32.2. The van der Waals surface area contributed by atoms with Gasteiger partial charge < -0.3 is 9.64 Å². The molecule has 0 unspecified atom stereocenters. The maximum atomic E-state index is 13.4. The van der Waals surface area contributed by atoms with E-state index in [2.05, 4.69) is 4.74 Å². The molecule has 13 heteroatoms. The second kappa shape index (κ2) is 8.44. The number of ether oxygens (including phenoxy) is 1. The third-order valence-electron chi connectivity index (χ3n) is 4.48. The van der Waals surface area contributed by atoms with Crippen LogP contribution in [0.2, 0.25) is 0 Å². The predicted molar refractivity (Wildman–Crippen MR) is 97.1 cm³/mol. The zero-order chi connectivity index (χ0) is 22.1. The van der Waals surface area contributed by atoms with E-state index in [1.807, 2.05) is 0 Å². The van der Waals surface area contributed by atoms with E-state index in [1.165, 1.54) is 6.07 Å². The fraction of sp³-hybridized carbons (Fsp3) is 0.294. The van der Waals surface area contributed by atoms with Crippen LogP contribution >= 0.6 is 0 Å². The molecule has 1 aliphatic rings. The Labute approximate surface area is 168 Å². The van der Waals surface area contributed by atoms with Crippen LogP contribution in [-0.4, -0.2) is 50.4 Å². The first-order valence-corrected chi connectivity index (χ1v) is 9.97. The van der Waals surface area contributed by atoms with Gasteiger partial charge in [0, 0.05) is 32.2 Å². The van der Waals surface area contributed by atoms with Gasteiger partial charge in [-0.25, -0.2) is 17.2 Å². The van der Waals surface area contributed by atoms with Crippen LogP contribution in [0.1, 0.15) is 0 Å². The van der Waals surface area contributed by atoms with Gasteiger partial charge in [0.05, 0.1) is 21.6 Å². The first-order chi connectivity index (χ1) is 14.1. The Hall–Kier alpha value is -2.93. The molecule has 0 amide bonds. The molecule has 0 spiro atoms. The second-order valence-electron chi connectivity index (χ2n) is 6.25. The quantitative estimate of drug-likeness (QED) is 0.383. The third kappa shape index (κ3) is 4.46. The smallest absolute Gasteiger partial charge is 0.387 e. The summed E-state index contributed by atoms with van der Waals surface area (Å²) in [7, 11) is -4.09. The molecule has 1 fully saturated rings. The molecule has 0 bridgehead atoms. The molecule has 0 aliphatic carbocycles. The van der Waals surface area contributed by atoms with E-state index >= 15 is 0 Å². The van der Waals surface area contributed by atoms with Crippen molar-refractivity contribution in [1.82, 2.24) is 4.31 Å². The van der Waals surface area contributed by atoms with E-state index in [-0.39, 0.29) is 31.9 Å². The lowest BCUT2D eigenvalue weighted by Crippen LogP contribution is -2.48. The van der Waals surface area contributed by atoms with Gasteiger partial charge in [-0.05, 0) is 24.3 Å². The largest absolute Gasteiger partial charge is 0.432 e. The molecule has 1 heterocycles. The van der Waals surface area contributed by atoms with Crippen LogP contribution in [0.5, 0.6) is 5.75 Å². The fourth-order valence-electron chi connectivity index (χ4n) is 3.02. The number of non-ortho nitro benzene ring substituents is 1. The topological polar surface area (TPSA) is 93.0 Å². The molecule has 1 aliphatic heterocycles. The van der Waals surface area contributed by atoms with Gasteiger partial charge in [0.2, 0.25) is 10.0 Å². The van der Waals surface area contributed by atoms with Crippen LogP contribution in [-0.2, 0) is 10.0 Å². The average Bonchev–Trinajstić information content (AvgIpc) is 2.69. The summed E-state index contributed by atoms with van der Waals surface area (Å²) in [6.45, 7) is -3.25. The molecule has 3 rings (SSSR count). The highest BCUT2D eigenvalue weighted by molar-refractivity contribution is 7.89. The van der Waals surface area contributed by atoms with Crippen molar-refractivity contribution in [3.8, 4) is 5.75 Å². The normalized spacial score (nSPS) is 15.4. The number of nitro groups is 1. The fourth-order valence-corrected chi connectivity index (χ4v) is 4.46. The Morgan fingerprint density at radius 1 is 1.00 bits per heavy atom. The first kappa shape index (κ1) is 21.8. The number of piperazine rings is 1. The van der Waals surface area contributed by atoms with Gasteiger partial charge in [-0.15, -0.1) is 0 Å². The third-order valence-corrected chi connectivity index (χ3v) is 6.37. The molecule has 162 valence electrons. The summed E-state index contributed by atoms with van der Waals surface area (Å²) < 4.78 is 82.6. The van der Waals surface area contributed by atoms with Gasteiger partial charge in [-0.2, -0.15) is 13.1 Å². The molecular weight excluding hydrogens is 434 g/mol. The summed E-state index contributed by atoms with van der Waals surface area (Å²) in [5.74, 6) is -2.88. The van der Waals surface area contributed by atoms with Crippen molar-refractivity contribution >= 4 is 21.4 Å². The van der Waals surface area contributed by atoms with Gasteiger partial charge in [0.25, 0.3) is 5.69 Å². The summed E-state index contributed by atoms with van der Waals surface area (Å²) in [6.07, 6.45) is 0. The molecule has 2 aromatic carbocycles. The number of hydrogen-bond acceptors (Lipinski definition) is 6. The van der Waals surface area contributed by atoms with E-state index < -0.39 is 49.5 Å². The number of nitrogens with zero attached hydrogens (tertiary/aromatic N) is 3. The Bertz CT molecular complexity index is 1060. The Balaban J connectivity index is 1.79. The Morgan fingerprint density at radius 2 is 1.67 bits per heavy atom. The summed E-state index contributed by atoms with van der Waals surface area (Å²) in [4.78, 5) is 11.3. The molecule has 0 radical (unpaired) electrons. The number of nitro benzene ring substituents is 1. The van der Waals surface area contributed by atoms with E-state index in [4.69, 9.17) is 0 Å². The minimum Gasteiger partial charge on any atom is -0.432 e. The van der Waals surface area contributed by atoms with Crippen molar-refractivity contribution in [1.29, 1.82) is 0 Å². The summed E-state index contributed by atoms with van der Waals surface area (Å²) in [6, 6.07) is 5.48.